The molecule has 1 aliphatic carbocycles. The molecule has 1 aromatic rings. The Morgan fingerprint density at radius 1 is 1.21 bits per heavy atom. The van der Waals surface area contributed by atoms with Gasteiger partial charge in [-0.2, -0.15) is 0 Å². The summed E-state index contributed by atoms with van der Waals surface area (Å²) in [7, 11) is 0. The van der Waals surface area contributed by atoms with Gasteiger partial charge in [-0.25, -0.2) is 8.78 Å². The van der Waals surface area contributed by atoms with Crippen molar-refractivity contribution in [3.63, 3.8) is 0 Å². The van der Waals surface area contributed by atoms with Crippen LogP contribution in [0.25, 0.3) is 0 Å². The molecule has 0 radical (unpaired) electrons. The predicted octanol–water partition coefficient (Wildman–Crippen LogP) is 2.42. The summed E-state index contributed by atoms with van der Waals surface area (Å²) in [5.41, 5.74) is -0.0179. The smallest absolute Gasteiger partial charge is 0.159 e. The summed E-state index contributed by atoms with van der Waals surface area (Å²) in [5.74, 6) is -1.68. The van der Waals surface area contributed by atoms with E-state index in [1.807, 2.05) is 0 Å². The van der Waals surface area contributed by atoms with Gasteiger partial charge in [0.2, 0.25) is 0 Å². The van der Waals surface area contributed by atoms with Crippen molar-refractivity contribution >= 4 is 0 Å². The molecule has 0 aromatic heterocycles. The monoisotopic (exact) mass is 198 g/mol. The lowest BCUT2D eigenvalue weighted by Gasteiger charge is -2.36. The number of hydrogen-bond acceptors (Lipinski definition) is 1. The Labute approximate surface area is 81.4 Å². The van der Waals surface area contributed by atoms with Gasteiger partial charge in [-0.1, -0.05) is 6.07 Å². The van der Waals surface area contributed by atoms with Crippen molar-refractivity contribution in [1.29, 1.82) is 0 Å². The lowest BCUT2D eigenvalue weighted by Crippen LogP contribution is -2.38. The first kappa shape index (κ1) is 9.59. The van der Waals surface area contributed by atoms with Crippen LogP contribution in [0.2, 0.25) is 0 Å². The Kier molecular flexibility index (Phi) is 2.27. The molecule has 0 heterocycles. The summed E-state index contributed by atoms with van der Waals surface area (Å²) in [6.45, 7) is 0. The van der Waals surface area contributed by atoms with E-state index >= 15 is 0 Å². The van der Waals surface area contributed by atoms with E-state index < -0.39 is 17.2 Å². The van der Waals surface area contributed by atoms with Crippen molar-refractivity contribution in [1.82, 2.24) is 0 Å². The van der Waals surface area contributed by atoms with Gasteiger partial charge in [0.15, 0.2) is 11.6 Å². The van der Waals surface area contributed by atoms with Gasteiger partial charge in [-0.3, -0.25) is 0 Å². The minimum atomic E-state index is -0.842. The van der Waals surface area contributed by atoms with Gasteiger partial charge in [0.25, 0.3) is 0 Å². The molecule has 1 N–H and O–H groups in total. The Hall–Kier alpha value is -0.960. The molecule has 0 spiro atoms. The molecule has 3 heteroatoms. The third kappa shape index (κ3) is 1.77. The SMILES string of the molecule is OC1(Cc2ccc(F)c(F)c2)CCC1. The molecule has 1 aliphatic rings. The van der Waals surface area contributed by atoms with E-state index in [9.17, 15) is 13.9 Å². The first-order chi connectivity index (χ1) is 6.59. The first-order valence-corrected chi connectivity index (χ1v) is 4.75. The summed E-state index contributed by atoms with van der Waals surface area (Å²) < 4.78 is 25.4. The average Bonchev–Trinajstić information content (AvgIpc) is 2.09. The molecule has 76 valence electrons. The molecule has 1 saturated carbocycles. The van der Waals surface area contributed by atoms with Gasteiger partial charge in [-0.05, 0) is 37.0 Å². The van der Waals surface area contributed by atoms with Crippen LogP contribution in [0.5, 0.6) is 0 Å². The van der Waals surface area contributed by atoms with Gasteiger partial charge in [-0.15, -0.1) is 0 Å². The lowest BCUT2D eigenvalue weighted by atomic mass is 9.76. The second-order valence-corrected chi connectivity index (χ2v) is 4.00. The lowest BCUT2D eigenvalue weighted by molar-refractivity contribution is -0.0323. The Morgan fingerprint density at radius 2 is 1.93 bits per heavy atom. The summed E-state index contributed by atoms with van der Waals surface area (Å²) >= 11 is 0. The normalized spacial score (nSPS) is 19.1. The Bertz CT molecular complexity index is 345. The van der Waals surface area contributed by atoms with Gasteiger partial charge in [0.1, 0.15) is 0 Å². The average molecular weight is 198 g/mol. The third-order valence-electron chi connectivity index (χ3n) is 2.80. The van der Waals surface area contributed by atoms with E-state index in [0.717, 1.165) is 31.4 Å². The number of halogens is 2. The maximum atomic E-state index is 12.8. The molecule has 0 unspecified atom stereocenters. The van der Waals surface area contributed by atoms with E-state index in [1.54, 1.807) is 0 Å². The maximum Gasteiger partial charge on any atom is 0.159 e. The van der Waals surface area contributed by atoms with Crippen LogP contribution in [0.15, 0.2) is 18.2 Å². The highest BCUT2D eigenvalue weighted by atomic mass is 19.2. The number of benzene rings is 1. The Morgan fingerprint density at radius 3 is 2.43 bits per heavy atom. The van der Waals surface area contributed by atoms with Crippen LogP contribution in [0.4, 0.5) is 8.78 Å². The standard InChI is InChI=1S/C11H12F2O/c12-9-3-2-8(6-10(9)13)7-11(14)4-1-5-11/h2-3,6,14H,1,4-5,7H2. The molecule has 0 amide bonds. The second-order valence-electron chi connectivity index (χ2n) is 4.00. The predicted molar refractivity (Wildman–Crippen MR) is 48.9 cm³/mol. The van der Waals surface area contributed by atoms with Crippen LogP contribution in [-0.4, -0.2) is 10.7 Å². The van der Waals surface area contributed by atoms with Crippen LogP contribution in [0.3, 0.4) is 0 Å². The van der Waals surface area contributed by atoms with Crippen LogP contribution in [0.1, 0.15) is 24.8 Å². The largest absolute Gasteiger partial charge is 0.390 e. The molecule has 0 saturated heterocycles. The van der Waals surface area contributed by atoms with Gasteiger partial charge in [0, 0.05) is 6.42 Å². The first-order valence-electron chi connectivity index (χ1n) is 4.75. The fraction of sp³-hybridized carbons (Fsp3) is 0.455. The highest BCUT2D eigenvalue weighted by Crippen LogP contribution is 2.34. The molecule has 0 atom stereocenters. The summed E-state index contributed by atoms with van der Waals surface area (Å²) in [5, 5.41) is 9.81. The minimum absolute atomic E-state index is 0.421. The molecule has 0 aliphatic heterocycles. The summed E-state index contributed by atoms with van der Waals surface area (Å²) in [6.07, 6.45) is 2.95. The molecule has 1 fully saturated rings. The van der Waals surface area contributed by atoms with Crippen molar-refractivity contribution in [2.45, 2.75) is 31.3 Å². The second kappa shape index (κ2) is 3.31. The number of aliphatic hydroxyl groups is 1. The molecular formula is C11H12F2O. The summed E-state index contributed by atoms with van der Waals surface area (Å²) in [6, 6.07) is 3.78. The zero-order valence-corrected chi connectivity index (χ0v) is 7.76. The van der Waals surface area contributed by atoms with Crippen LogP contribution >= 0.6 is 0 Å². The van der Waals surface area contributed by atoms with Crippen molar-refractivity contribution in [2.24, 2.45) is 0 Å². The molecular weight excluding hydrogens is 186 g/mol. The molecule has 2 rings (SSSR count). The van der Waals surface area contributed by atoms with Crippen LogP contribution in [-0.2, 0) is 6.42 Å². The molecule has 0 bridgehead atoms. The number of hydrogen-bond donors (Lipinski definition) is 1. The fourth-order valence-electron chi connectivity index (χ4n) is 1.79. The van der Waals surface area contributed by atoms with Gasteiger partial charge in [0.05, 0.1) is 5.60 Å². The van der Waals surface area contributed by atoms with Crippen molar-refractivity contribution < 1.29 is 13.9 Å². The van der Waals surface area contributed by atoms with Gasteiger partial charge >= 0.3 is 0 Å². The van der Waals surface area contributed by atoms with E-state index in [0.29, 0.717) is 12.0 Å². The highest BCUT2D eigenvalue weighted by Gasteiger charge is 2.34. The van der Waals surface area contributed by atoms with Crippen molar-refractivity contribution in [3.8, 4) is 0 Å². The topological polar surface area (TPSA) is 20.2 Å². The molecule has 14 heavy (non-hydrogen) atoms. The van der Waals surface area contributed by atoms with E-state index in [4.69, 9.17) is 0 Å². The zero-order valence-electron chi connectivity index (χ0n) is 7.76. The summed E-state index contributed by atoms with van der Waals surface area (Å²) in [4.78, 5) is 0. The zero-order chi connectivity index (χ0) is 10.2. The third-order valence-corrected chi connectivity index (χ3v) is 2.80. The molecule has 1 aromatic carbocycles. The fourth-order valence-corrected chi connectivity index (χ4v) is 1.79. The van der Waals surface area contributed by atoms with Crippen LogP contribution in [0, 0.1) is 11.6 Å². The highest BCUT2D eigenvalue weighted by molar-refractivity contribution is 5.20. The van der Waals surface area contributed by atoms with E-state index in [1.165, 1.54) is 6.07 Å². The quantitative estimate of drug-likeness (QED) is 0.773. The van der Waals surface area contributed by atoms with Crippen molar-refractivity contribution in [2.75, 3.05) is 0 Å². The van der Waals surface area contributed by atoms with E-state index in [2.05, 4.69) is 0 Å². The number of rotatable bonds is 2. The maximum absolute atomic E-state index is 12.8. The van der Waals surface area contributed by atoms with Crippen molar-refractivity contribution in [3.05, 3.63) is 35.4 Å². The Balaban J connectivity index is 2.13. The van der Waals surface area contributed by atoms with Gasteiger partial charge < -0.3 is 5.11 Å². The van der Waals surface area contributed by atoms with Crippen LogP contribution < -0.4 is 0 Å². The minimum Gasteiger partial charge on any atom is -0.390 e. The van der Waals surface area contributed by atoms with E-state index in [-0.39, 0.29) is 0 Å². The molecule has 1 nitrogen and oxygen atoms in total.